The van der Waals surface area contributed by atoms with E-state index in [4.69, 9.17) is 4.74 Å². The molecule has 6 heteroatoms. The van der Waals surface area contributed by atoms with E-state index in [1.54, 1.807) is 31.9 Å². The molecule has 0 saturated heterocycles. The summed E-state index contributed by atoms with van der Waals surface area (Å²) in [6.07, 6.45) is 6.92. The van der Waals surface area contributed by atoms with Gasteiger partial charge in [-0.1, -0.05) is 12.1 Å². The number of nitrogens with one attached hydrogen (secondary N) is 1. The molecule has 1 N–H and O–H groups in total. The first-order valence-electron chi connectivity index (χ1n) is 7.98. The maximum Gasteiger partial charge on any atom is 0.240 e. The average molecular weight is 336 g/mol. The zero-order chi connectivity index (χ0) is 17.6. The molecule has 6 nitrogen and oxygen atoms in total. The molecule has 25 heavy (non-hydrogen) atoms. The third kappa shape index (κ3) is 4.03. The van der Waals surface area contributed by atoms with Crippen LogP contribution in [0.2, 0.25) is 0 Å². The fourth-order valence-corrected chi connectivity index (χ4v) is 2.64. The molecule has 0 fully saturated rings. The number of hydrogen-bond donors (Lipinski definition) is 1. The molecule has 0 aliphatic rings. The molecule has 128 valence electrons. The number of carbonyl (C=O) groups excluding carboxylic acids is 1. The lowest BCUT2D eigenvalue weighted by Gasteiger charge is -2.20. The number of ether oxygens (including phenoxy) is 1. The first-order chi connectivity index (χ1) is 12.2. The first kappa shape index (κ1) is 16.7. The van der Waals surface area contributed by atoms with Crippen LogP contribution in [0.25, 0.3) is 0 Å². The normalized spacial score (nSPS) is 11.8. The van der Waals surface area contributed by atoms with Crippen LogP contribution in [0.1, 0.15) is 23.0 Å². The Morgan fingerprint density at radius 3 is 2.40 bits per heavy atom. The molecule has 3 rings (SSSR count). The van der Waals surface area contributed by atoms with E-state index in [9.17, 15) is 4.79 Å². The van der Waals surface area contributed by atoms with Gasteiger partial charge < -0.3 is 14.6 Å². The van der Waals surface area contributed by atoms with E-state index in [0.29, 0.717) is 0 Å². The van der Waals surface area contributed by atoms with Gasteiger partial charge in [-0.15, -0.1) is 0 Å². The van der Waals surface area contributed by atoms with Gasteiger partial charge in [-0.25, -0.2) is 4.98 Å². The second kappa shape index (κ2) is 7.61. The predicted octanol–water partition coefficient (Wildman–Crippen LogP) is 2.50. The molecule has 2 heterocycles. The monoisotopic (exact) mass is 336 g/mol. The predicted molar refractivity (Wildman–Crippen MR) is 94.2 cm³/mol. The molecule has 0 aliphatic heterocycles. The Hall–Kier alpha value is -3.15. The number of pyridine rings is 1. The number of aromatic nitrogens is 3. The van der Waals surface area contributed by atoms with Crippen LogP contribution >= 0.6 is 0 Å². The van der Waals surface area contributed by atoms with E-state index < -0.39 is 0 Å². The number of methoxy groups -OCH3 is 1. The molecule has 1 amide bonds. The van der Waals surface area contributed by atoms with Crippen LogP contribution in [0.15, 0.2) is 61.2 Å². The van der Waals surface area contributed by atoms with Gasteiger partial charge in [-0.3, -0.25) is 9.78 Å². The van der Waals surface area contributed by atoms with E-state index in [1.807, 2.05) is 47.9 Å². The minimum atomic E-state index is -0.259. The third-order valence-corrected chi connectivity index (χ3v) is 4.03. The van der Waals surface area contributed by atoms with Gasteiger partial charge in [0.05, 0.1) is 13.2 Å². The summed E-state index contributed by atoms with van der Waals surface area (Å²) in [7, 11) is 1.63. The summed E-state index contributed by atoms with van der Waals surface area (Å²) >= 11 is 0. The lowest BCUT2D eigenvalue weighted by Crippen LogP contribution is -2.32. The average Bonchev–Trinajstić information content (AvgIpc) is 3.05. The number of nitrogens with zero attached hydrogens (tertiary/aromatic N) is 3. The van der Waals surface area contributed by atoms with Crippen molar-refractivity contribution in [2.45, 2.75) is 19.5 Å². The highest BCUT2D eigenvalue weighted by Gasteiger charge is 2.17. The van der Waals surface area contributed by atoms with Crippen molar-refractivity contribution in [3.05, 3.63) is 78.1 Å². The Labute approximate surface area is 146 Å². The van der Waals surface area contributed by atoms with Gasteiger partial charge in [0.1, 0.15) is 18.1 Å². The minimum Gasteiger partial charge on any atom is -0.497 e. The second-order valence-corrected chi connectivity index (χ2v) is 5.66. The summed E-state index contributed by atoms with van der Waals surface area (Å²) < 4.78 is 7.02. The smallest absolute Gasteiger partial charge is 0.240 e. The molecule has 1 aromatic carbocycles. The van der Waals surface area contributed by atoms with E-state index in [2.05, 4.69) is 15.3 Å². The number of aryl methyl sites for hydroxylation is 1. The maximum absolute atomic E-state index is 12.5. The van der Waals surface area contributed by atoms with Gasteiger partial charge >= 0.3 is 0 Å². The number of imidazole rings is 1. The van der Waals surface area contributed by atoms with Gasteiger partial charge in [-0.05, 0) is 42.3 Å². The van der Waals surface area contributed by atoms with E-state index in [0.717, 1.165) is 22.7 Å². The molecular formula is C19H20N4O2. The zero-order valence-corrected chi connectivity index (χ0v) is 14.2. The zero-order valence-electron chi connectivity index (χ0n) is 14.2. The highest BCUT2D eigenvalue weighted by Crippen LogP contribution is 2.23. The van der Waals surface area contributed by atoms with Gasteiger partial charge in [0.15, 0.2) is 0 Å². The summed E-state index contributed by atoms with van der Waals surface area (Å²) in [5.41, 5.74) is 1.94. The van der Waals surface area contributed by atoms with Crippen LogP contribution in [0.4, 0.5) is 0 Å². The summed E-state index contributed by atoms with van der Waals surface area (Å²) in [6, 6.07) is 11.2. The molecule has 1 atom stereocenters. The lowest BCUT2D eigenvalue weighted by molar-refractivity contribution is -0.122. The van der Waals surface area contributed by atoms with Crippen LogP contribution < -0.4 is 10.1 Å². The van der Waals surface area contributed by atoms with Gasteiger partial charge in [0, 0.05) is 24.8 Å². The van der Waals surface area contributed by atoms with Crippen molar-refractivity contribution in [1.29, 1.82) is 0 Å². The Morgan fingerprint density at radius 2 is 1.80 bits per heavy atom. The Morgan fingerprint density at radius 1 is 1.12 bits per heavy atom. The molecular weight excluding hydrogens is 316 g/mol. The number of carbonyl (C=O) groups is 1. The van der Waals surface area contributed by atoms with Crippen molar-refractivity contribution in [1.82, 2.24) is 19.9 Å². The van der Waals surface area contributed by atoms with Gasteiger partial charge in [0.25, 0.3) is 0 Å². The SMILES string of the molecule is COc1ccc([C@@H](NC(=O)Cn2ccnc2C)c2ccncc2)cc1. The van der Waals surface area contributed by atoms with Crippen molar-refractivity contribution < 1.29 is 9.53 Å². The fraction of sp³-hybridized carbons (Fsp3) is 0.211. The van der Waals surface area contributed by atoms with Gasteiger partial charge in [-0.2, -0.15) is 0 Å². The van der Waals surface area contributed by atoms with Gasteiger partial charge in [0.2, 0.25) is 5.91 Å². The van der Waals surface area contributed by atoms with Crippen LogP contribution in [0.3, 0.4) is 0 Å². The highest BCUT2D eigenvalue weighted by molar-refractivity contribution is 5.77. The molecule has 3 aromatic rings. The summed E-state index contributed by atoms with van der Waals surface area (Å²) in [5, 5.41) is 3.10. The quantitative estimate of drug-likeness (QED) is 0.751. The van der Waals surface area contributed by atoms with Crippen LogP contribution in [-0.2, 0) is 11.3 Å². The van der Waals surface area contributed by atoms with E-state index >= 15 is 0 Å². The lowest BCUT2D eigenvalue weighted by atomic mass is 9.99. The van der Waals surface area contributed by atoms with Crippen molar-refractivity contribution in [3.63, 3.8) is 0 Å². The maximum atomic E-state index is 12.5. The number of benzene rings is 1. The van der Waals surface area contributed by atoms with Crippen LogP contribution in [0.5, 0.6) is 5.75 Å². The fourth-order valence-electron chi connectivity index (χ4n) is 2.64. The van der Waals surface area contributed by atoms with Crippen molar-refractivity contribution in [2.24, 2.45) is 0 Å². The van der Waals surface area contributed by atoms with E-state index in [-0.39, 0.29) is 18.5 Å². The number of hydrogen-bond acceptors (Lipinski definition) is 4. The topological polar surface area (TPSA) is 69.0 Å². The van der Waals surface area contributed by atoms with Crippen LogP contribution in [-0.4, -0.2) is 27.6 Å². The molecule has 2 aromatic heterocycles. The minimum absolute atomic E-state index is 0.0845. The second-order valence-electron chi connectivity index (χ2n) is 5.66. The molecule has 0 saturated carbocycles. The third-order valence-electron chi connectivity index (χ3n) is 4.03. The van der Waals surface area contributed by atoms with Crippen LogP contribution in [0, 0.1) is 6.92 Å². The molecule has 0 unspecified atom stereocenters. The highest BCUT2D eigenvalue weighted by atomic mass is 16.5. The number of amides is 1. The molecule has 0 aliphatic carbocycles. The summed E-state index contributed by atoms with van der Waals surface area (Å²) in [6.45, 7) is 2.10. The summed E-state index contributed by atoms with van der Waals surface area (Å²) in [4.78, 5) is 20.7. The molecule has 0 radical (unpaired) electrons. The Bertz CT molecular complexity index is 828. The standard InChI is InChI=1S/C19H20N4O2/c1-14-21-11-12-23(14)13-18(24)22-19(16-7-9-20-10-8-16)15-3-5-17(25-2)6-4-15/h3-12,19H,13H2,1-2H3,(H,22,24)/t19-/m1/s1. The molecule has 0 bridgehead atoms. The van der Waals surface area contributed by atoms with Crippen molar-refractivity contribution in [3.8, 4) is 5.75 Å². The molecule has 0 spiro atoms. The van der Waals surface area contributed by atoms with Crippen molar-refractivity contribution in [2.75, 3.05) is 7.11 Å². The Balaban J connectivity index is 1.83. The largest absolute Gasteiger partial charge is 0.497 e. The first-order valence-corrected chi connectivity index (χ1v) is 7.98. The van der Waals surface area contributed by atoms with E-state index in [1.165, 1.54) is 0 Å². The number of rotatable bonds is 6. The van der Waals surface area contributed by atoms with Crippen molar-refractivity contribution >= 4 is 5.91 Å². The summed E-state index contributed by atoms with van der Waals surface area (Å²) in [5.74, 6) is 1.50. The Kier molecular flexibility index (Phi) is 5.09.